The fourth-order valence-corrected chi connectivity index (χ4v) is 2.77. The smallest absolute Gasteiger partial charge is 0.311 e. The number of rotatable bonds is 10. The maximum atomic E-state index is 12.1. The van der Waals surface area contributed by atoms with Gasteiger partial charge in [-0.1, -0.05) is 30.3 Å². The Bertz CT molecular complexity index is 981. The zero-order valence-corrected chi connectivity index (χ0v) is 17.6. The lowest BCUT2D eigenvalue weighted by Gasteiger charge is -2.13. The van der Waals surface area contributed by atoms with E-state index in [1.165, 1.54) is 12.4 Å². The summed E-state index contributed by atoms with van der Waals surface area (Å²) in [6.45, 7) is 2.54. The van der Waals surface area contributed by atoms with E-state index in [0.717, 1.165) is 11.3 Å². The van der Waals surface area contributed by atoms with Gasteiger partial charge in [0.2, 0.25) is 0 Å². The van der Waals surface area contributed by atoms with Gasteiger partial charge >= 0.3 is 5.97 Å². The summed E-state index contributed by atoms with van der Waals surface area (Å²) in [5.41, 5.74) is 8.93. The van der Waals surface area contributed by atoms with E-state index >= 15 is 0 Å². The van der Waals surface area contributed by atoms with Crippen LogP contribution in [0.1, 0.15) is 24.5 Å². The van der Waals surface area contributed by atoms with E-state index in [1.54, 1.807) is 32.2 Å². The van der Waals surface area contributed by atoms with Gasteiger partial charge in [0.15, 0.2) is 0 Å². The highest BCUT2D eigenvalue weighted by Gasteiger charge is 2.12. The molecule has 0 saturated heterocycles. The average Bonchev–Trinajstić information content (AvgIpc) is 2.77. The molecule has 2 rings (SSSR count). The number of anilines is 2. The number of ether oxygens (including phenoxy) is 1. The van der Waals surface area contributed by atoms with E-state index in [1.807, 2.05) is 30.3 Å². The second kappa shape index (κ2) is 11.9. The Morgan fingerprint density at radius 1 is 1.16 bits per heavy atom. The summed E-state index contributed by atoms with van der Waals surface area (Å²) in [5.74, 6) is -0.759. The second-order valence-electron chi connectivity index (χ2n) is 6.52. The van der Waals surface area contributed by atoms with Crippen molar-refractivity contribution in [2.24, 2.45) is 10.7 Å². The number of nitrogens with two attached hydrogens (primary N) is 1. The molecule has 0 aliphatic heterocycles. The number of nitrogens with zero attached hydrogens (tertiary/aromatic N) is 1. The Labute approximate surface area is 181 Å². The van der Waals surface area contributed by atoms with Gasteiger partial charge < -0.3 is 26.5 Å². The van der Waals surface area contributed by atoms with Crippen LogP contribution in [0.5, 0.6) is 0 Å². The molecule has 0 saturated carbocycles. The van der Waals surface area contributed by atoms with Gasteiger partial charge in [0.05, 0.1) is 24.3 Å². The van der Waals surface area contributed by atoms with Gasteiger partial charge in [-0.3, -0.25) is 14.6 Å². The molecule has 0 heterocycles. The third kappa shape index (κ3) is 7.11. The summed E-state index contributed by atoms with van der Waals surface area (Å²) in [5, 5.41) is 14.3. The zero-order chi connectivity index (χ0) is 22.6. The molecule has 5 N–H and O–H groups in total. The minimum absolute atomic E-state index is 0.0805. The van der Waals surface area contributed by atoms with Crippen LogP contribution in [0.4, 0.5) is 11.4 Å². The van der Waals surface area contributed by atoms with E-state index in [2.05, 4.69) is 15.6 Å². The maximum Gasteiger partial charge on any atom is 0.311 e. The molecule has 8 nitrogen and oxygen atoms in total. The van der Waals surface area contributed by atoms with Crippen LogP contribution in [0.2, 0.25) is 0 Å². The lowest BCUT2D eigenvalue weighted by Crippen LogP contribution is -2.16. The summed E-state index contributed by atoms with van der Waals surface area (Å²) in [6.07, 6.45) is 2.52. The predicted octanol–water partition coefficient (Wildman–Crippen LogP) is 3.10. The lowest BCUT2D eigenvalue weighted by molar-refractivity contribution is -0.141. The summed E-state index contributed by atoms with van der Waals surface area (Å²) >= 11 is 0. The number of hydrogen-bond acceptors (Lipinski definition) is 7. The molecule has 0 unspecified atom stereocenters. The molecule has 31 heavy (non-hydrogen) atoms. The van der Waals surface area contributed by atoms with E-state index in [-0.39, 0.29) is 23.6 Å². The first-order chi connectivity index (χ1) is 15.0. The standard InChI is InChI=1S/C23H27N5O3/c1-3-31-22(29)12-20(25)19-6-4-5-7-21(19)27-14-16-8-10-18(11-9-16)28-23(30)17(13-24)15-26-2/h4-11,13,15,25,27H,3,12,14,24H2,1-2H3,(H,28,30)/b17-13+,25-20?,26-15?. The van der Waals surface area contributed by atoms with Crippen LogP contribution in [0, 0.1) is 5.41 Å². The van der Waals surface area contributed by atoms with Gasteiger partial charge in [-0.25, -0.2) is 0 Å². The normalized spacial score (nSPS) is 11.2. The van der Waals surface area contributed by atoms with Gasteiger partial charge in [-0.05, 0) is 30.7 Å². The first-order valence-corrected chi connectivity index (χ1v) is 9.79. The minimum Gasteiger partial charge on any atom is -0.466 e. The molecule has 2 aromatic carbocycles. The number of para-hydroxylation sites is 1. The SMILES string of the molecule is CCOC(=O)CC(=N)c1ccccc1NCc1ccc(NC(=O)/C(C=NC)=C/N)cc1. The lowest BCUT2D eigenvalue weighted by atomic mass is 10.0. The Balaban J connectivity index is 2.00. The highest BCUT2D eigenvalue weighted by atomic mass is 16.5. The van der Waals surface area contributed by atoms with Crippen molar-refractivity contribution in [2.45, 2.75) is 19.9 Å². The quantitative estimate of drug-likeness (QED) is 0.266. The van der Waals surface area contributed by atoms with Crippen molar-refractivity contribution < 1.29 is 14.3 Å². The predicted molar refractivity (Wildman–Crippen MR) is 124 cm³/mol. The highest BCUT2D eigenvalue weighted by Crippen LogP contribution is 2.19. The van der Waals surface area contributed by atoms with Crippen molar-refractivity contribution in [2.75, 3.05) is 24.3 Å². The molecule has 0 bridgehead atoms. The summed E-state index contributed by atoms with van der Waals surface area (Å²) in [6, 6.07) is 14.7. The van der Waals surface area contributed by atoms with Crippen molar-refractivity contribution >= 4 is 35.2 Å². The fourth-order valence-electron chi connectivity index (χ4n) is 2.77. The molecule has 1 amide bonds. The molecule has 0 radical (unpaired) electrons. The number of carbonyl (C=O) groups is 2. The van der Waals surface area contributed by atoms with Crippen molar-refractivity contribution in [1.29, 1.82) is 5.41 Å². The zero-order valence-electron chi connectivity index (χ0n) is 17.6. The molecule has 0 aliphatic rings. The fraction of sp³-hybridized carbons (Fsp3) is 0.217. The van der Waals surface area contributed by atoms with Crippen LogP contribution in [-0.4, -0.2) is 37.5 Å². The molecule has 0 aliphatic carbocycles. The van der Waals surface area contributed by atoms with Crippen LogP contribution < -0.4 is 16.4 Å². The number of aliphatic imine (C=N–C) groups is 1. The van der Waals surface area contributed by atoms with Gasteiger partial charge in [0.25, 0.3) is 5.91 Å². The van der Waals surface area contributed by atoms with Crippen molar-refractivity contribution in [1.82, 2.24) is 0 Å². The number of nitrogens with one attached hydrogen (secondary N) is 3. The number of carbonyl (C=O) groups excluding carboxylic acids is 2. The Morgan fingerprint density at radius 2 is 1.87 bits per heavy atom. The molecule has 0 fully saturated rings. The third-order valence-electron chi connectivity index (χ3n) is 4.28. The molecular formula is C23H27N5O3. The van der Waals surface area contributed by atoms with Gasteiger partial charge in [-0.2, -0.15) is 0 Å². The Morgan fingerprint density at radius 3 is 2.52 bits per heavy atom. The molecule has 0 spiro atoms. The molecule has 0 atom stereocenters. The van der Waals surface area contributed by atoms with Crippen LogP contribution in [0.3, 0.4) is 0 Å². The number of esters is 1. The van der Waals surface area contributed by atoms with E-state index in [4.69, 9.17) is 15.9 Å². The number of benzene rings is 2. The Hall–Kier alpha value is -3.94. The van der Waals surface area contributed by atoms with Gasteiger partial charge in [0.1, 0.15) is 0 Å². The average molecular weight is 422 g/mol. The highest BCUT2D eigenvalue weighted by molar-refractivity contribution is 6.17. The Kier molecular flexibility index (Phi) is 8.97. The second-order valence-corrected chi connectivity index (χ2v) is 6.52. The number of amides is 1. The summed E-state index contributed by atoms with van der Waals surface area (Å²) in [7, 11) is 1.56. The van der Waals surface area contributed by atoms with Gasteiger partial charge in [0, 0.05) is 42.9 Å². The topological polar surface area (TPSA) is 130 Å². The monoisotopic (exact) mass is 421 g/mol. The molecule has 0 aromatic heterocycles. The minimum atomic E-state index is -0.419. The van der Waals surface area contributed by atoms with E-state index in [0.29, 0.717) is 24.4 Å². The first kappa shape index (κ1) is 23.3. The largest absolute Gasteiger partial charge is 0.466 e. The van der Waals surface area contributed by atoms with E-state index < -0.39 is 5.97 Å². The van der Waals surface area contributed by atoms with Crippen molar-refractivity contribution in [3.8, 4) is 0 Å². The molecular weight excluding hydrogens is 394 g/mol. The van der Waals surface area contributed by atoms with Gasteiger partial charge in [-0.15, -0.1) is 0 Å². The maximum absolute atomic E-state index is 12.1. The van der Waals surface area contributed by atoms with Crippen LogP contribution in [0.25, 0.3) is 0 Å². The molecule has 2 aromatic rings. The molecule has 162 valence electrons. The summed E-state index contributed by atoms with van der Waals surface area (Å²) in [4.78, 5) is 27.6. The summed E-state index contributed by atoms with van der Waals surface area (Å²) < 4.78 is 4.93. The van der Waals surface area contributed by atoms with Crippen LogP contribution >= 0.6 is 0 Å². The first-order valence-electron chi connectivity index (χ1n) is 9.79. The van der Waals surface area contributed by atoms with Crippen LogP contribution in [0.15, 0.2) is 65.3 Å². The van der Waals surface area contributed by atoms with Crippen molar-refractivity contribution in [3.05, 3.63) is 71.4 Å². The third-order valence-corrected chi connectivity index (χ3v) is 4.28. The van der Waals surface area contributed by atoms with E-state index in [9.17, 15) is 9.59 Å². The number of hydrogen-bond donors (Lipinski definition) is 4. The molecule has 8 heteroatoms. The van der Waals surface area contributed by atoms with Crippen molar-refractivity contribution in [3.63, 3.8) is 0 Å². The van der Waals surface area contributed by atoms with Crippen LogP contribution in [-0.2, 0) is 20.9 Å².